The van der Waals surface area contributed by atoms with Crippen LogP contribution in [-0.4, -0.2) is 37.6 Å². The number of rotatable bonds is 6. The predicted octanol–water partition coefficient (Wildman–Crippen LogP) is 2.05. The second-order valence-corrected chi connectivity index (χ2v) is 7.04. The minimum absolute atomic E-state index is 0.0760. The van der Waals surface area contributed by atoms with E-state index >= 15 is 0 Å². The summed E-state index contributed by atoms with van der Waals surface area (Å²) in [5.74, 6) is -0.451. The van der Waals surface area contributed by atoms with E-state index in [1.807, 2.05) is 0 Å². The molecule has 0 radical (unpaired) electrons. The van der Waals surface area contributed by atoms with E-state index in [1.165, 1.54) is 29.2 Å². The highest BCUT2D eigenvalue weighted by Crippen LogP contribution is 2.34. The average Bonchev–Trinajstić information content (AvgIpc) is 3.34. The standard InChI is InChI=1S/C21H20FN3O5/c22-14-1-4-16(5-2-14)25-11-13(9-20(25)27)21(28)23-8-7-19(26)24-15-3-6-17-18(10-15)30-12-29-17/h1-6,10,13H,7-9,11-12H2,(H,23,28)(H,24,26). The molecule has 156 valence electrons. The van der Waals surface area contributed by atoms with Gasteiger partial charge in [-0.2, -0.15) is 0 Å². The van der Waals surface area contributed by atoms with E-state index in [9.17, 15) is 18.8 Å². The first kappa shape index (κ1) is 19.7. The molecule has 0 aliphatic carbocycles. The molecule has 0 spiro atoms. The number of hydrogen-bond acceptors (Lipinski definition) is 5. The number of fused-ring (bicyclic) bond motifs is 1. The number of nitrogens with one attached hydrogen (secondary N) is 2. The Kier molecular flexibility index (Phi) is 5.51. The molecule has 1 atom stereocenters. The molecule has 0 bridgehead atoms. The Morgan fingerprint density at radius 1 is 1.10 bits per heavy atom. The van der Waals surface area contributed by atoms with Gasteiger partial charge in [0.2, 0.25) is 24.5 Å². The Labute approximate surface area is 171 Å². The SMILES string of the molecule is O=C(CCNC(=O)C1CC(=O)N(c2ccc(F)cc2)C1)Nc1ccc2c(c1)OCO2. The Hall–Kier alpha value is -3.62. The summed E-state index contributed by atoms with van der Waals surface area (Å²) in [7, 11) is 0. The molecule has 2 aliphatic heterocycles. The second kappa shape index (κ2) is 8.40. The van der Waals surface area contributed by atoms with Crippen molar-refractivity contribution < 1.29 is 28.2 Å². The number of benzene rings is 2. The maximum atomic E-state index is 13.1. The third kappa shape index (κ3) is 4.35. The lowest BCUT2D eigenvalue weighted by Crippen LogP contribution is -2.34. The fourth-order valence-corrected chi connectivity index (χ4v) is 3.40. The van der Waals surface area contributed by atoms with Crippen LogP contribution in [0, 0.1) is 11.7 Å². The van der Waals surface area contributed by atoms with E-state index in [0.29, 0.717) is 22.9 Å². The van der Waals surface area contributed by atoms with Gasteiger partial charge in [0.05, 0.1) is 5.92 Å². The van der Waals surface area contributed by atoms with Gasteiger partial charge < -0.3 is 25.0 Å². The highest BCUT2D eigenvalue weighted by Gasteiger charge is 2.35. The first-order valence-corrected chi connectivity index (χ1v) is 9.53. The maximum absolute atomic E-state index is 13.1. The van der Waals surface area contributed by atoms with Crippen molar-refractivity contribution in [3.05, 3.63) is 48.3 Å². The zero-order valence-corrected chi connectivity index (χ0v) is 16.0. The molecule has 8 nitrogen and oxygen atoms in total. The van der Waals surface area contributed by atoms with Gasteiger partial charge in [-0.1, -0.05) is 0 Å². The monoisotopic (exact) mass is 413 g/mol. The van der Waals surface area contributed by atoms with E-state index in [4.69, 9.17) is 9.47 Å². The number of hydrogen-bond donors (Lipinski definition) is 2. The summed E-state index contributed by atoms with van der Waals surface area (Å²) in [5, 5.41) is 5.44. The fourth-order valence-electron chi connectivity index (χ4n) is 3.40. The van der Waals surface area contributed by atoms with Crippen LogP contribution in [0.2, 0.25) is 0 Å². The summed E-state index contributed by atoms with van der Waals surface area (Å²) < 4.78 is 23.5. The molecule has 0 aromatic heterocycles. The molecule has 1 saturated heterocycles. The van der Waals surface area contributed by atoms with Crippen molar-refractivity contribution in [1.82, 2.24) is 5.32 Å². The molecule has 3 amide bonds. The van der Waals surface area contributed by atoms with Crippen LogP contribution in [0.25, 0.3) is 0 Å². The molecule has 0 saturated carbocycles. The Morgan fingerprint density at radius 2 is 1.87 bits per heavy atom. The van der Waals surface area contributed by atoms with Gasteiger partial charge in [0.15, 0.2) is 11.5 Å². The zero-order valence-electron chi connectivity index (χ0n) is 16.0. The van der Waals surface area contributed by atoms with Gasteiger partial charge in [0.25, 0.3) is 0 Å². The quantitative estimate of drug-likeness (QED) is 0.756. The number of halogens is 1. The summed E-state index contributed by atoms with van der Waals surface area (Å²) in [6.07, 6.45) is 0.162. The van der Waals surface area contributed by atoms with Crippen molar-refractivity contribution in [2.75, 3.05) is 30.1 Å². The van der Waals surface area contributed by atoms with Gasteiger partial charge in [-0.15, -0.1) is 0 Å². The zero-order chi connectivity index (χ0) is 21.1. The van der Waals surface area contributed by atoms with Gasteiger partial charge >= 0.3 is 0 Å². The van der Waals surface area contributed by atoms with E-state index in [2.05, 4.69) is 10.6 Å². The molecular formula is C21H20FN3O5. The molecule has 2 heterocycles. The van der Waals surface area contributed by atoms with Crippen LogP contribution < -0.4 is 25.0 Å². The highest BCUT2D eigenvalue weighted by molar-refractivity contribution is 6.00. The Balaban J connectivity index is 1.23. The summed E-state index contributed by atoms with van der Waals surface area (Å²) in [6.45, 7) is 0.525. The molecule has 4 rings (SSSR count). The van der Waals surface area contributed by atoms with Gasteiger partial charge in [-0.25, -0.2) is 4.39 Å². The molecule has 30 heavy (non-hydrogen) atoms. The van der Waals surface area contributed by atoms with Crippen LogP contribution >= 0.6 is 0 Å². The minimum atomic E-state index is -0.514. The molecule has 1 fully saturated rings. The van der Waals surface area contributed by atoms with Crippen LogP contribution in [0.1, 0.15) is 12.8 Å². The first-order chi connectivity index (χ1) is 14.5. The Morgan fingerprint density at radius 3 is 2.67 bits per heavy atom. The van der Waals surface area contributed by atoms with E-state index in [1.54, 1.807) is 18.2 Å². The molecule has 2 N–H and O–H groups in total. The number of anilines is 2. The third-order valence-corrected chi connectivity index (χ3v) is 4.94. The topological polar surface area (TPSA) is 97.0 Å². The van der Waals surface area contributed by atoms with Crippen LogP contribution in [-0.2, 0) is 14.4 Å². The largest absolute Gasteiger partial charge is 0.454 e. The summed E-state index contributed by atoms with van der Waals surface area (Å²) in [5.41, 5.74) is 1.13. The highest BCUT2D eigenvalue weighted by atomic mass is 19.1. The number of carbonyl (C=O) groups excluding carboxylic acids is 3. The van der Waals surface area contributed by atoms with Crippen molar-refractivity contribution in [3.8, 4) is 11.5 Å². The molecule has 2 aromatic rings. The van der Waals surface area contributed by atoms with Crippen molar-refractivity contribution in [3.63, 3.8) is 0 Å². The Bertz CT molecular complexity index is 979. The van der Waals surface area contributed by atoms with Crippen LogP contribution in [0.15, 0.2) is 42.5 Å². The smallest absolute Gasteiger partial charge is 0.231 e. The second-order valence-electron chi connectivity index (χ2n) is 7.04. The molecular weight excluding hydrogens is 393 g/mol. The van der Waals surface area contributed by atoms with Crippen LogP contribution in [0.4, 0.5) is 15.8 Å². The van der Waals surface area contributed by atoms with Crippen molar-refractivity contribution in [2.24, 2.45) is 5.92 Å². The summed E-state index contributed by atoms with van der Waals surface area (Å²) >= 11 is 0. The number of carbonyl (C=O) groups is 3. The normalized spacial score (nSPS) is 17.2. The van der Waals surface area contributed by atoms with Crippen LogP contribution in [0.3, 0.4) is 0 Å². The molecule has 2 aliphatic rings. The summed E-state index contributed by atoms with van der Waals surface area (Å²) in [6, 6.07) is 10.7. The van der Waals surface area contributed by atoms with Crippen molar-refractivity contribution in [2.45, 2.75) is 12.8 Å². The van der Waals surface area contributed by atoms with Crippen molar-refractivity contribution in [1.29, 1.82) is 0 Å². The lowest BCUT2D eigenvalue weighted by molar-refractivity contribution is -0.126. The van der Waals surface area contributed by atoms with Gasteiger partial charge in [-0.05, 0) is 36.4 Å². The number of amides is 3. The first-order valence-electron chi connectivity index (χ1n) is 9.53. The average molecular weight is 413 g/mol. The molecule has 2 aromatic carbocycles. The van der Waals surface area contributed by atoms with E-state index in [0.717, 1.165) is 0 Å². The third-order valence-electron chi connectivity index (χ3n) is 4.94. The van der Waals surface area contributed by atoms with E-state index < -0.39 is 11.7 Å². The van der Waals surface area contributed by atoms with Crippen molar-refractivity contribution >= 4 is 29.1 Å². The predicted molar refractivity (Wildman–Crippen MR) is 106 cm³/mol. The number of ether oxygens (including phenoxy) is 2. The van der Waals surface area contributed by atoms with Gasteiger partial charge in [-0.3, -0.25) is 14.4 Å². The molecule has 1 unspecified atom stereocenters. The lowest BCUT2D eigenvalue weighted by Gasteiger charge is -2.16. The molecule has 9 heteroatoms. The lowest BCUT2D eigenvalue weighted by atomic mass is 10.1. The maximum Gasteiger partial charge on any atom is 0.231 e. The number of nitrogens with zero attached hydrogens (tertiary/aromatic N) is 1. The van der Waals surface area contributed by atoms with Gasteiger partial charge in [0.1, 0.15) is 5.82 Å². The minimum Gasteiger partial charge on any atom is -0.454 e. The van der Waals surface area contributed by atoms with E-state index in [-0.39, 0.29) is 50.4 Å². The fraction of sp³-hybridized carbons (Fsp3) is 0.286. The van der Waals surface area contributed by atoms with Gasteiger partial charge in [0, 0.05) is 43.4 Å². The summed E-state index contributed by atoms with van der Waals surface area (Å²) in [4.78, 5) is 38.2. The van der Waals surface area contributed by atoms with Crippen LogP contribution in [0.5, 0.6) is 11.5 Å².